The van der Waals surface area contributed by atoms with Gasteiger partial charge in [-0.3, -0.25) is 4.79 Å². The predicted octanol–water partition coefficient (Wildman–Crippen LogP) is -0.872. The molecule has 2 aliphatic rings. The monoisotopic (exact) mass is 244 g/mol. The van der Waals surface area contributed by atoms with Crippen molar-refractivity contribution >= 4 is 12.0 Å². The Hall–Kier alpha value is -1.34. The molecule has 17 heavy (non-hydrogen) atoms. The first-order chi connectivity index (χ1) is 8.18. The standard InChI is InChI=1S/C10H16N2O5/c13-9(14)7-5-17-6-8(7)11-10(15)12-1-3-16-4-2-12/h7-8H,1-6H2,(H,11,15)(H,13,14). The van der Waals surface area contributed by atoms with Crippen LogP contribution >= 0.6 is 0 Å². The van der Waals surface area contributed by atoms with Crippen LogP contribution in [0.15, 0.2) is 0 Å². The summed E-state index contributed by atoms with van der Waals surface area (Å²) in [5.74, 6) is -1.59. The predicted molar refractivity (Wildman–Crippen MR) is 56.7 cm³/mol. The van der Waals surface area contributed by atoms with Gasteiger partial charge in [0.25, 0.3) is 0 Å². The van der Waals surface area contributed by atoms with Crippen molar-refractivity contribution in [3.05, 3.63) is 0 Å². The Labute approximate surface area is 98.7 Å². The van der Waals surface area contributed by atoms with Gasteiger partial charge in [0.1, 0.15) is 5.92 Å². The lowest BCUT2D eigenvalue weighted by atomic mass is 10.0. The number of carboxylic acid groups (broad SMARTS) is 1. The van der Waals surface area contributed by atoms with Crippen LogP contribution in [0.5, 0.6) is 0 Å². The van der Waals surface area contributed by atoms with Crippen LogP contribution < -0.4 is 5.32 Å². The number of nitrogens with one attached hydrogen (secondary N) is 1. The summed E-state index contributed by atoms with van der Waals surface area (Å²) in [5, 5.41) is 11.6. The summed E-state index contributed by atoms with van der Waals surface area (Å²) in [5.41, 5.74) is 0. The van der Waals surface area contributed by atoms with Crippen LogP contribution in [-0.4, -0.2) is 67.6 Å². The molecule has 7 nitrogen and oxygen atoms in total. The Morgan fingerprint density at radius 1 is 1.18 bits per heavy atom. The molecule has 0 bridgehead atoms. The fourth-order valence-electron chi connectivity index (χ4n) is 1.96. The molecule has 2 aliphatic heterocycles. The number of morpholine rings is 1. The van der Waals surface area contributed by atoms with Crippen LogP contribution in [0.1, 0.15) is 0 Å². The van der Waals surface area contributed by atoms with E-state index in [1.165, 1.54) is 0 Å². The summed E-state index contributed by atoms with van der Waals surface area (Å²) in [6.45, 7) is 2.54. The maximum absolute atomic E-state index is 11.8. The van der Waals surface area contributed by atoms with Gasteiger partial charge in [0.15, 0.2) is 0 Å². The van der Waals surface area contributed by atoms with Crippen molar-refractivity contribution in [2.75, 3.05) is 39.5 Å². The third kappa shape index (κ3) is 2.86. The van der Waals surface area contributed by atoms with E-state index < -0.39 is 17.9 Å². The van der Waals surface area contributed by atoms with Crippen molar-refractivity contribution in [3.63, 3.8) is 0 Å². The van der Waals surface area contributed by atoms with Crippen LogP contribution in [0.2, 0.25) is 0 Å². The van der Waals surface area contributed by atoms with E-state index in [0.29, 0.717) is 26.3 Å². The number of carboxylic acids is 1. The van der Waals surface area contributed by atoms with Crippen LogP contribution in [-0.2, 0) is 14.3 Å². The van der Waals surface area contributed by atoms with Gasteiger partial charge in [-0.1, -0.05) is 0 Å². The third-order valence-electron chi connectivity index (χ3n) is 3.00. The van der Waals surface area contributed by atoms with Crippen molar-refractivity contribution in [1.29, 1.82) is 0 Å². The first-order valence-corrected chi connectivity index (χ1v) is 5.62. The quantitative estimate of drug-likeness (QED) is 0.659. The average molecular weight is 244 g/mol. The van der Waals surface area contributed by atoms with E-state index >= 15 is 0 Å². The van der Waals surface area contributed by atoms with Gasteiger partial charge in [-0.15, -0.1) is 0 Å². The molecule has 2 heterocycles. The number of aliphatic carboxylic acids is 1. The SMILES string of the molecule is O=C(O)C1COCC1NC(=O)N1CCOCC1. The third-order valence-corrected chi connectivity index (χ3v) is 3.00. The molecule has 2 amide bonds. The first-order valence-electron chi connectivity index (χ1n) is 5.62. The smallest absolute Gasteiger partial charge is 0.317 e. The van der Waals surface area contributed by atoms with Crippen molar-refractivity contribution in [3.8, 4) is 0 Å². The van der Waals surface area contributed by atoms with Crippen molar-refractivity contribution in [2.24, 2.45) is 5.92 Å². The Morgan fingerprint density at radius 3 is 2.53 bits per heavy atom. The number of rotatable bonds is 2. The zero-order valence-corrected chi connectivity index (χ0v) is 9.42. The summed E-state index contributed by atoms with van der Waals surface area (Å²) in [7, 11) is 0. The number of urea groups is 1. The molecular formula is C10H16N2O5. The topological polar surface area (TPSA) is 88.1 Å². The zero-order chi connectivity index (χ0) is 12.3. The number of carbonyl (C=O) groups excluding carboxylic acids is 1. The summed E-state index contributed by atoms with van der Waals surface area (Å²) >= 11 is 0. The van der Waals surface area contributed by atoms with E-state index in [2.05, 4.69) is 5.32 Å². The minimum absolute atomic E-state index is 0.156. The van der Waals surface area contributed by atoms with E-state index in [1.54, 1.807) is 4.90 Å². The maximum Gasteiger partial charge on any atom is 0.317 e. The number of nitrogens with zero attached hydrogens (tertiary/aromatic N) is 1. The first kappa shape index (κ1) is 12.1. The molecule has 0 spiro atoms. The molecule has 2 unspecified atom stereocenters. The molecule has 0 aromatic carbocycles. The molecule has 0 aromatic rings. The lowest BCUT2D eigenvalue weighted by Gasteiger charge is -2.28. The maximum atomic E-state index is 11.8. The molecule has 2 atom stereocenters. The highest BCUT2D eigenvalue weighted by molar-refractivity contribution is 5.77. The lowest BCUT2D eigenvalue weighted by Crippen LogP contribution is -2.51. The molecule has 7 heteroatoms. The van der Waals surface area contributed by atoms with Gasteiger partial charge in [-0.2, -0.15) is 0 Å². The molecule has 0 aromatic heterocycles. The molecule has 2 rings (SSSR count). The number of ether oxygens (including phenoxy) is 2. The zero-order valence-electron chi connectivity index (χ0n) is 9.42. The fraction of sp³-hybridized carbons (Fsp3) is 0.800. The van der Waals surface area contributed by atoms with Gasteiger partial charge >= 0.3 is 12.0 Å². The molecule has 2 saturated heterocycles. The van der Waals surface area contributed by atoms with Crippen LogP contribution in [0, 0.1) is 5.92 Å². The molecule has 2 N–H and O–H groups in total. The van der Waals surface area contributed by atoms with Gasteiger partial charge in [0.05, 0.1) is 32.5 Å². The normalized spacial score (nSPS) is 29.1. The van der Waals surface area contributed by atoms with Crippen molar-refractivity contribution in [2.45, 2.75) is 6.04 Å². The van der Waals surface area contributed by atoms with Gasteiger partial charge in [0.2, 0.25) is 0 Å². The number of hydrogen-bond donors (Lipinski definition) is 2. The minimum atomic E-state index is -0.935. The Bertz CT molecular complexity index is 303. The second-order valence-electron chi connectivity index (χ2n) is 4.14. The van der Waals surface area contributed by atoms with Gasteiger partial charge < -0.3 is 24.8 Å². The molecule has 96 valence electrons. The highest BCUT2D eigenvalue weighted by Crippen LogP contribution is 2.14. The second kappa shape index (κ2) is 5.33. The minimum Gasteiger partial charge on any atom is -0.481 e. The van der Waals surface area contributed by atoms with Crippen LogP contribution in [0.25, 0.3) is 0 Å². The molecule has 0 aliphatic carbocycles. The van der Waals surface area contributed by atoms with Gasteiger partial charge in [-0.25, -0.2) is 4.79 Å². The van der Waals surface area contributed by atoms with Gasteiger partial charge in [0, 0.05) is 13.1 Å². The number of carbonyl (C=O) groups is 2. The summed E-state index contributed by atoms with van der Waals surface area (Å²) < 4.78 is 10.2. The van der Waals surface area contributed by atoms with Gasteiger partial charge in [-0.05, 0) is 0 Å². The van der Waals surface area contributed by atoms with Crippen molar-refractivity contribution < 1.29 is 24.2 Å². The second-order valence-corrected chi connectivity index (χ2v) is 4.14. The largest absolute Gasteiger partial charge is 0.481 e. The van der Waals surface area contributed by atoms with Crippen LogP contribution in [0.3, 0.4) is 0 Å². The van der Waals surface area contributed by atoms with E-state index in [1.807, 2.05) is 0 Å². The molecule has 0 radical (unpaired) electrons. The van der Waals surface area contributed by atoms with E-state index in [0.717, 1.165) is 0 Å². The lowest BCUT2D eigenvalue weighted by molar-refractivity contribution is -0.142. The van der Waals surface area contributed by atoms with Crippen molar-refractivity contribution in [1.82, 2.24) is 10.2 Å². The highest BCUT2D eigenvalue weighted by atomic mass is 16.5. The molecule has 0 saturated carbocycles. The molecular weight excluding hydrogens is 228 g/mol. The summed E-state index contributed by atoms with van der Waals surface area (Å²) in [4.78, 5) is 24.4. The van der Waals surface area contributed by atoms with E-state index in [4.69, 9.17) is 14.6 Å². The molecule has 2 fully saturated rings. The Balaban J connectivity index is 1.86. The van der Waals surface area contributed by atoms with E-state index in [9.17, 15) is 9.59 Å². The summed E-state index contributed by atoms with van der Waals surface area (Å²) in [6, 6.07) is -0.683. The van der Waals surface area contributed by atoms with Crippen LogP contribution in [0.4, 0.5) is 4.79 Å². The Kier molecular flexibility index (Phi) is 3.80. The summed E-state index contributed by atoms with van der Waals surface area (Å²) in [6.07, 6.45) is 0. The van der Waals surface area contributed by atoms with E-state index in [-0.39, 0.29) is 19.2 Å². The Morgan fingerprint density at radius 2 is 1.88 bits per heavy atom. The number of amides is 2. The average Bonchev–Trinajstić information content (AvgIpc) is 2.78. The highest BCUT2D eigenvalue weighted by Gasteiger charge is 2.35. The fourth-order valence-corrected chi connectivity index (χ4v) is 1.96. The number of hydrogen-bond acceptors (Lipinski definition) is 4.